The maximum Gasteiger partial charge on any atom is 0.310 e. The maximum atomic E-state index is 14.0. The molecule has 0 saturated carbocycles. The quantitative estimate of drug-likeness (QED) is 0.314. The topological polar surface area (TPSA) is 99.2 Å². The Kier molecular flexibility index (Phi) is 10.4. The van der Waals surface area contributed by atoms with Crippen molar-refractivity contribution in [1.29, 1.82) is 0 Å². The summed E-state index contributed by atoms with van der Waals surface area (Å²) in [6.07, 6.45) is 5.13. The molecule has 1 heterocycles. The van der Waals surface area contributed by atoms with Crippen LogP contribution in [0.5, 0.6) is 0 Å². The highest BCUT2D eigenvalue weighted by Crippen LogP contribution is 2.46. The molecule has 8 heteroatoms. The number of hydrogen-bond donors (Lipinski definition) is 2. The fourth-order valence-corrected chi connectivity index (χ4v) is 6.17. The average molecular weight is 528 g/mol. The zero-order chi connectivity index (χ0) is 28.0. The third-order valence-electron chi connectivity index (χ3n) is 7.96. The average Bonchev–Trinajstić information content (AvgIpc) is 3.20. The Labute approximate surface area is 227 Å². The van der Waals surface area contributed by atoms with Gasteiger partial charge in [0.1, 0.15) is 6.04 Å². The molecule has 0 bridgehead atoms. The van der Waals surface area contributed by atoms with Gasteiger partial charge in [0.15, 0.2) is 0 Å². The summed E-state index contributed by atoms with van der Waals surface area (Å²) >= 11 is 0. The number of benzene rings is 1. The molecule has 6 atom stereocenters. The molecule has 0 unspecified atom stereocenters. The van der Waals surface area contributed by atoms with E-state index < -0.39 is 35.8 Å². The molecule has 38 heavy (non-hydrogen) atoms. The van der Waals surface area contributed by atoms with Crippen LogP contribution in [-0.4, -0.2) is 66.2 Å². The first-order valence-electron chi connectivity index (χ1n) is 14.2. The molecule has 1 aromatic carbocycles. The van der Waals surface area contributed by atoms with Crippen molar-refractivity contribution >= 4 is 29.2 Å². The van der Waals surface area contributed by atoms with Gasteiger partial charge in [0.05, 0.1) is 31.1 Å². The summed E-state index contributed by atoms with van der Waals surface area (Å²) < 4.78 is 5.40. The van der Waals surface area contributed by atoms with Crippen LogP contribution in [0, 0.1) is 29.6 Å². The standard InChI is InChI=1S/C30H45N3O5/c1-7-20-11-16-24-26(25(20)30(37)38-10-4)29(36)33(23(18-34)17-19(5)6)27(24)28(35)31-21-12-14-22(15-13-21)32(8-2)9-3/h11-16,19-20,23-27,34H,7-10,17-18H2,1-6H3,(H,31,35)/t20-,23-,24+,25-,26-,27+/m1/s1. The van der Waals surface area contributed by atoms with Gasteiger partial charge in [0.2, 0.25) is 11.8 Å². The van der Waals surface area contributed by atoms with Gasteiger partial charge in [-0.2, -0.15) is 0 Å². The number of ether oxygens (including phenoxy) is 1. The molecule has 0 aromatic heterocycles. The third kappa shape index (κ3) is 6.06. The molecule has 2 amide bonds. The minimum absolute atomic E-state index is 0.145. The van der Waals surface area contributed by atoms with E-state index in [1.54, 1.807) is 11.8 Å². The van der Waals surface area contributed by atoms with Crippen molar-refractivity contribution in [2.45, 2.75) is 66.5 Å². The van der Waals surface area contributed by atoms with Crippen molar-refractivity contribution in [2.75, 3.05) is 36.5 Å². The third-order valence-corrected chi connectivity index (χ3v) is 7.96. The SMILES string of the molecule is CCOC(=O)[C@H]1[C@@H]2C(=O)N([C@@H](CO)CC(C)C)[C@H](C(=O)Nc3ccc(N(CC)CC)cc3)[C@H]2C=C[C@H]1CC. The lowest BCUT2D eigenvalue weighted by Crippen LogP contribution is -2.51. The largest absolute Gasteiger partial charge is 0.466 e. The Balaban J connectivity index is 1.99. The van der Waals surface area contributed by atoms with Crippen molar-refractivity contribution in [3.8, 4) is 0 Å². The van der Waals surface area contributed by atoms with Crippen molar-refractivity contribution in [3.05, 3.63) is 36.4 Å². The molecule has 1 aromatic rings. The molecular formula is C30H45N3O5. The van der Waals surface area contributed by atoms with Crippen LogP contribution < -0.4 is 10.2 Å². The van der Waals surface area contributed by atoms with Crippen LogP contribution in [0.4, 0.5) is 11.4 Å². The number of carbonyl (C=O) groups is 3. The molecule has 2 N–H and O–H groups in total. The highest BCUT2D eigenvalue weighted by atomic mass is 16.5. The highest BCUT2D eigenvalue weighted by molar-refractivity contribution is 6.01. The molecule has 1 fully saturated rings. The number of hydrogen-bond acceptors (Lipinski definition) is 6. The van der Waals surface area contributed by atoms with E-state index in [-0.39, 0.29) is 36.9 Å². The van der Waals surface area contributed by atoms with E-state index in [9.17, 15) is 19.5 Å². The van der Waals surface area contributed by atoms with Crippen molar-refractivity contribution in [2.24, 2.45) is 29.6 Å². The molecular weight excluding hydrogens is 482 g/mol. The minimum atomic E-state index is -0.836. The second kappa shape index (κ2) is 13.3. The molecule has 3 rings (SSSR count). The lowest BCUT2D eigenvalue weighted by atomic mass is 9.69. The predicted molar refractivity (Wildman–Crippen MR) is 150 cm³/mol. The van der Waals surface area contributed by atoms with Crippen LogP contribution in [0.25, 0.3) is 0 Å². The lowest BCUT2D eigenvalue weighted by Gasteiger charge is -2.34. The summed E-state index contributed by atoms with van der Waals surface area (Å²) in [5.41, 5.74) is 1.71. The second-order valence-corrected chi connectivity index (χ2v) is 10.7. The fraction of sp³-hybridized carbons (Fsp3) is 0.633. The predicted octanol–water partition coefficient (Wildman–Crippen LogP) is 4.10. The van der Waals surface area contributed by atoms with Gasteiger partial charge in [-0.15, -0.1) is 0 Å². The number of aliphatic hydroxyl groups excluding tert-OH is 1. The number of carbonyl (C=O) groups excluding carboxylic acids is 3. The van der Waals surface area contributed by atoms with Gasteiger partial charge >= 0.3 is 5.97 Å². The van der Waals surface area contributed by atoms with Gasteiger partial charge in [-0.05, 0) is 69.7 Å². The van der Waals surface area contributed by atoms with E-state index >= 15 is 0 Å². The Bertz CT molecular complexity index is 988. The number of nitrogens with zero attached hydrogens (tertiary/aromatic N) is 2. The van der Waals surface area contributed by atoms with Gasteiger partial charge in [-0.3, -0.25) is 14.4 Å². The Morgan fingerprint density at radius 1 is 1.08 bits per heavy atom. The van der Waals surface area contributed by atoms with E-state index in [0.717, 1.165) is 18.8 Å². The number of likely N-dealkylation sites (tertiary alicyclic amines) is 1. The number of amides is 2. The number of esters is 1. The van der Waals surface area contributed by atoms with Crippen LogP contribution in [0.3, 0.4) is 0 Å². The van der Waals surface area contributed by atoms with E-state index in [0.29, 0.717) is 18.5 Å². The van der Waals surface area contributed by atoms with E-state index in [1.807, 2.05) is 57.2 Å². The van der Waals surface area contributed by atoms with Gasteiger partial charge in [-0.25, -0.2) is 0 Å². The van der Waals surface area contributed by atoms with Crippen LogP contribution in [0.1, 0.15) is 54.4 Å². The molecule has 0 spiro atoms. The molecule has 2 aliphatic rings. The van der Waals surface area contributed by atoms with Crippen molar-refractivity contribution in [1.82, 2.24) is 4.90 Å². The molecule has 210 valence electrons. The van der Waals surface area contributed by atoms with Crippen molar-refractivity contribution < 1.29 is 24.2 Å². The number of aliphatic hydroxyl groups is 1. The minimum Gasteiger partial charge on any atom is -0.466 e. The molecule has 1 aliphatic heterocycles. The first-order chi connectivity index (χ1) is 18.2. The van der Waals surface area contributed by atoms with Crippen LogP contribution >= 0.6 is 0 Å². The van der Waals surface area contributed by atoms with E-state index in [4.69, 9.17) is 4.74 Å². The zero-order valence-corrected chi connectivity index (χ0v) is 23.7. The molecule has 1 saturated heterocycles. The van der Waals surface area contributed by atoms with Crippen LogP contribution in [0.2, 0.25) is 0 Å². The van der Waals surface area contributed by atoms with Crippen LogP contribution in [0.15, 0.2) is 36.4 Å². The van der Waals surface area contributed by atoms with Crippen LogP contribution in [-0.2, 0) is 19.1 Å². The lowest BCUT2D eigenvalue weighted by molar-refractivity contribution is -0.156. The summed E-state index contributed by atoms with van der Waals surface area (Å²) in [6, 6.07) is 6.32. The zero-order valence-electron chi connectivity index (χ0n) is 23.7. The van der Waals surface area contributed by atoms with Gasteiger partial charge in [0, 0.05) is 30.4 Å². The van der Waals surface area contributed by atoms with Gasteiger partial charge < -0.3 is 25.0 Å². The van der Waals surface area contributed by atoms with Crippen molar-refractivity contribution in [3.63, 3.8) is 0 Å². The Hall–Kier alpha value is -2.87. The first-order valence-corrected chi connectivity index (χ1v) is 14.2. The van der Waals surface area contributed by atoms with E-state index in [2.05, 4.69) is 24.1 Å². The summed E-state index contributed by atoms with van der Waals surface area (Å²) in [6.45, 7) is 13.7. The maximum absolute atomic E-state index is 14.0. The monoisotopic (exact) mass is 527 g/mol. The smallest absolute Gasteiger partial charge is 0.310 e. The summed E-state index contributed by atoms with van der Waals surface area (Å²) in [5, 5.41) is 13.3. The fourth-order valence-electron chi connectivity index (χ4n) is 6.17. The molecule has 1 aliphatic carbocycles. The number of nitrogens with one attached hydrogen (secondary N) is 1. The van der Waals surface area contributed by atoms with Gasteiger partial charge in [-0.1, -0.05) is 32.9 Å². The number of fused-ring (bicyclic) bond motifs is 1. The van der Waals surface area contributed by atoms with E-state index in [1.165, 1.54) is 0 Å². The number of anilines is 2. The summed E-state index contributed by atoms with van der Waals surface area (Å²) in [5.74, 6) is -2.76. The Morgan fingerprint density at radius 2 is 1.74 bits per heavy atom. The molecule has 0 radical (unpaired) electrons. The normalized spacial score (nSPS) is 25.3. The molecule has 8 nitrogen and oxygen atoms in total. The first kappa shape index (κ1) is 29.7. The van der Waals surface area contributed by atoms with Gasteiger partial charge in [0.25, 0.3) is 0 Å². The summed E-state index contributed by atoms with van der Waals surface area (Å²) in [7, 11) is 0. The number of allylic oxidation sites excluding steroid dienone is 1. The highest BCUT2D eigenvalue weighted by Gasteiger charge is 2.58. The summed E-state index contributed by atoms with van der Waals surface area (Å²) in [4.78, 5) is 44.8. The Morgan fingerprint density at radius 3 is 2.26 bits per heavy atom. The number of rotatable bonds is 12. The second-order valence-electron chi connectivity index (χ2n) is 10.7.